The van der Waals surface area contributed by atoms with Gasteiger partial charge in [-0.05, 0) is 17.7 Å². The molecule has 21 heavy (non-hydrogen) atoms. The summed E-state index contributed by atoms with van der Waals surface area (Å²) in [5.74, 6) is -0.0247. The first-order valence-corrected chi connectivity index (χ1v) is 6.84. The second-order valence-electron chi connectivity index (χ2n) is 5.17. The molecule has 0 radical (unpaired) electrons. The second kappa shape index (κ2) is 6.01. The number of benzene rings is 1. The lowest BCUT2D eigenvalue weighted by atomic mass is 10.0. The van der Waals surface area contributed by atoms with Crippen LogP contribution >= 0.6 is 0 Å². The average Bonchev–Trinajstić information content (AvgIpc) is 2.85. The smallest absolute Gasteiger partial charge is 0.273 e. The molecule has 2 N–H and O–H groups in total. The molecule has 0 atom stereocenters. The number of nitrogens with zero attached hydrogens (tertiary/aromatic N) is 3. The van der Waals surface area contributed by atoms with Gasteiger partial charge in [-0.25, -0.2) is 9.07 Å². The van der Waals surface area contributed by atoms with E-state index in [-0.39, 0.29) is 17.4 Å². The van der Waals surface area contributed by atoms with Crippen molar-refractivity contribution in [1.82, 2.24) is 25.6 Å². The van der Waals surface area contributed by atoms with Crippen LogP contribution in [0, 0.1) is 11.7 Å². The van der Waals surface area contributed by atoms with Gasteiger partial charge in [-0.15, -0.1) is 5.10 Å². The van der Waals surface area contributed by atoms with Crippen molar-refractivity contribution in [2.45, 2.75) is 6.54 Å². The maximum Gasteiger partial charge on any atom is 0.273 e. The van der Waals surface area contributed by atoms with Crippen LogP contribution in [0.25, 0.3) is 0 Å². The zero-order valence-electron chi connectivity index (χ0n) is 11.4. The second-order valence-corrected chi connectivity index (χ2v) is 5.17. The molecule has 7 heteroatoms. The Labute approximate surface area is 121 Å². The Bertz CT molecular complexity index is 638. The van der Waals surface area contributed by atoms with Crippen LogP contribution in [0.15, 0.2) is 30.5 Å². The largest absolute Gasteiger partial charge is 0.350 e. The molecule has 0 aliphatic carbocycles. The third-order valence-corrected chi connectivity index (χ3v) is 3.42. The zero-order chi connectivity index (χ0) is 14.7. The minimum atomic E-state index is -0.292. The van der Waals surface area contributed by atoms with Gasteiger partial charge in [0.15, 0.2) is 5.69 Å². The summed E-state index contributed by atoms with van der Waals surface area (Å²) in [5.41, 5.74) is 1.05. The summed E-state index contributed by atoms with van der Waals surface area (Å²) >= 11 is 0. The Morgan fingerprint density at radius 1 is 1.48 bits per heavy atom. The van der Waals surface area contributed by atoms with Crippen molar-refractivity contribution in [1.29, 1.82) is 0 Å². The van der Waals surface area contributed by atoms with E-state index in [9.17, 15) is 9.18 Å². The summed E-state index contributed by atoms with van der Waals surface area (Å²) in [4.78, 5) is 11.9. The molecular weight excluding hydrogens is 273 g/mol. The zero-order valence-corrected chi connectivity index (χ0v) is 11.4. The highest BCUT2D eigenvalue weighted by molar-refractivity contribution is 5.91. The highest BCUT2D eigenvalue weighted by Gasteiger charge is 2.18. The van der Waals surface area contributed by atoms with Gasteiger partial charge < -0.3 is 10.6 Å². The quantitative estimate of drug-likeness (QED) is 0.836. The molecule has 0 saturated carbocycles. The van der Waals surface area contributed by atoms with Crippen LogP contribution in [0.3, 0.4) is 0 Å². The molecule has 0 unspecified atom stereocenters. The van der Waals surface area contributed by atoms with Crippen molar-refractivity contribution in [3.05, 3.63) is 47.5 Å². The molecule has 2 heterocycles. The van der Waals surface area contributed by atoms with Crippen LogP contribution in [0.1, 0.15) is 16.1 Å². The molecule has 1 aliphatic heterocycles. The fourth-order valence-electron chi connectivity index (χ4n) is 2.12. The Morgan fingerprint density at radius 3 is 3.05 bits per heavy atom. The van der Waals surface area contributed by atoms with E-state index in [1.807, 2.05) is 0 Å². The fraction of sp³-hybridized carbons (Fsp3) is 0.357. The summed E-state index contributed by atoms with van der Waals surface area (Å²) in [5, 5.41) is 13.7. The minimum Gasteiger partial charge on any atom is -0.350 e. The number of halogens is 1. The average molecular weight is 289 g/mol. The molecule has 1 saturated heterocycles. The van der Waals surface area contributed by atoms with Crippen LogP contribution in [0.2, 0.25) is 0 Å². The Morgan fingerprint density at radius 2 is 2.33 bits per heavy atom. The summed E-state index contributed by atoms with van der Waals surface area (Å²) in [6, 6.07) is 6.26. The summed E-state index contributed by atoms with van der Waals surface area (Å²) < 4.78 is 14.6. The lowest BCUT2D eigenvalue weighted by molar-refractivity contribution is 0.0937. The van der Waals surface area contributed by atoms with Crippen LogP contribution < -0.4 is 10.6 Å². The lowest BCUT2D eigenvalue weighted by Gasteiger charge is -2.26. The molecule has 1 aromatic carbocycles. The number of nitrogens with one attached hydrogen (secondary N) is 2. The van der Waals surface area contributed by atoms with Gasteiger partial charge in [-0.1, -0.05) is 17.3 Å². The van der Waals surface area contributed by atoms with Crippen molar-refractivity contribution >= 4 is 5.91 Å². The highest BCUT2D eigenvalue weighted by Crippen LogP contribution is 2.06. The number of hydrogen-bond donors (Lipinski definition) is 2. The van der Waals surface area contributed by atoms with Gasteiger partial charge in [0.05, 0.1) is 12.7 Å². The fourth-order valence-corrected chi connectivity index (χ4v) is 2.12. The predicted octanol–water partition coefficient (Wildman–Crippen LogP) is 0.415. The number of hydrogen-bond acceptors (Lipinski definition) is 4. The van der Waals surface area contributed by atoms with E-state index >= 15 is 0 Å². The van der Waals surface area contributed by atoms with Crippen LogP contribution in [0.5, 0.6) is 0 Å². The summed E-state index contributed by atoms with van der Waals surface area (Å²) in [6.45, 7) is 2.90. The Hall–Kier alpha value is -2.28. The van der Waals surface area contributed by atoms with E-state index in [0.717, 1.165) is 18.7 Å². The third-order valence-electron chi connectivity index (χ3n) is 3.42. The SMILES string of the molecule is O=C(NCC1CNC1)c1cn(Cc2cccc(F)c2)nn1. The maximum absolute atomic E-state index is 13.1. The van der Waals surface area contributed by atoms with Crippen LogP contribution in [-0.4, -0.2) is 40.5 Å². The molecule has 3 rings (SSSR count). The molecule has 6 nitrogen and oxygen atoms in total. The van der Waals surface area contributed by atoms with Crippen LogP contribution in [0.4, 0.5) is 4.39 Å². The van der Waals surface area contributed by atoms with Gasteiger partial charge in [0.1, 0.15) is 5.82 Å². The van der Waals surface area contributed by atoms with Gasteiger partial charge in [-0.2, -0.15) is 0 Å². The van der Waals surface area contributed by atoms with E-state index in [1.165, 1.54) is 16.8 Å². The number of carbonyl (C=O) groups is 1. The van der Waals surface area contributed by atoms with Crippen molar-refractivity contribution in [3.63, 3.8) is 0 Å². The number of amides is 1. The molecule has 2 aromatic rings. The van der Waals surface area contributed by atoms with Gasteiger partial charge in [0, 0.05) is 25.6 Å². The molecular formula is C14H16FN5O. The van der Waals surface area contributed by atoms with Crippen molar-refractivity contribution < 1.29 is 9.18 Å². The standard InChI is InChI=1S/C14H16FN5O/c15-12-3-1-2-10(4-12)8-20-9-13(18-19-20)14(21)17-7-11-5-16-6-11/h1-4,9,11,16H,5-8H2,(H,17,21). The molecule has 1 aromatic heterocycles. The van der Waals surface area contributed by atoms with Crippen molar-refractivity contribution in [2.24, 2.45) is 5.92 Å². The predicted molar refractivity (Wildman–Crippen MR) is 74.2 cm³/mol. The first-order valence-electron chi connectivity index (χ1n) is 6.84. The van der Waals surface area contributed by atoms with Crippen LogP contribution in [-0.2, 0) is 6.54 Å². The van der Waals surface area contributed by atoms with Crippen molar-refractivity contribution in [2.75, 3.05) is 19.6 Å². The van der Waals surface area contributed by atoms with E-state index in [4.69, 9.17) is 0 Å². The highest BCUT2D eigenvalue weighted by atomic mass is 19.1. The first-order chi connectivity index (χ1) is 10.2. The normalized spacial score (nSPS) is 14.7. The van der Waals surface area contributed by atoms with Gasteiger partial charge in [0.2, 0.25) is 0 Å². The molecule has 1 aliphatic rings. The third kappa shape index (κ3) is 3.43. The van der Waals surface area contributed by atoms with E-state index in [2.05, 4.69) is 20.9 Å². The van der Waals surface area contributed by atoms with Gasteiger partial charge in [0.25, 0.3) is 5.91 Å². The number of rotatable bonds is 5. The molecule has 110 valence electrons. The van der Waals surface area contributed by atoms with Gasteiger partial charge >= 0.3 is 0 Å². The van der Waals surface area contributed by atoms with Gasteiger partial charge in [-0.3, -0.25) is 4.79 Å². The Balaban J connectivity index is 1.58. The van der Waals surface area contributed by atoms with E-state index < -0.39 is 0 Å². The Kier molecular flexibility index (Phi) is 3.92. The minimum absolute atomic E-state index is 0.229. The van der Waals surface area contributed by atoms with E-state index in [0.29, 0.717) is 19.0 Å². The topological polar surface area (TPSA) is 71.8 Å². The number of carbonyl (C=O) groups excluding carboxylic acids is 1. The summed E-state index contributed by atoms with van der Waals surface area (Å²) in [7, 11) is 0. The molecule has 1 fully saturated rings. The summed E-state index contributed by atoms with van der Waals surface area (Å²) in [6.07, 6.45) is 1.57. The van der Waals surface area contributed by atoms with Crippen molar-refractivity contribution in [3.8, 4) is 0 Å². The van der Waals surface area contributed by atoms with E-state index in [1.54, 1.807) is 18.3 Å². The molecule has 0 bridgehead atoms. The lowest BCUT2D eigenvalue weighted by Crippen LogP contribution is -2.48. The molecule has 0 spiro atoms. The maximum atomic E-state index is 13.1. The molecule has 1 amide bonds. The number of aromatic nitrogens is 3. The monoisotopic (exact) mass is 289 g/mol. The first kappa shape index (κ1) is 13.7.